The summed E-state index contributed by atoms with van der Waals surface area (Å²) >= 11 is 0. The van der Waals surface area contributed by atoms with Crippen LogP contribution in [0.3, 0.4) is 0 Å². The van der Waals surface area contributed by atoms with Crippen LogP contribution in [-0.4, -0.2) is 22.7 Å². The third kappa shape index (κ3) is 1.89. The largest absolute Gasteiger partial charge is 0.569 e. The Morgan fingerprint density at radius 1 is 0.944 bits per heavy atom. The number of aromatic nitrogens is 2. The maximum absolute atomic E-state index is 8.61. The molecule has 0 bridgehead atoms. The van der Waals surface area contributed by atoms with E-state index in [1.165, 1.54) is 0 Å². The molecule has 87 valence electrons. The molecule has 0 fully saturated rings. The number of rotatable bonds is 2. The summed E-state index contributed by atoms with van der Waals surface area (Å²) in [6.45, 7) is 2.03. The van der Waals surface area contributed by atoms with Crippen molar-refractivity contribution in [1.82, 2.24) is 9.97 Å². The fourth-order valence-corrected chi connectivity index (χ4v) is 1.90. The first kappa shape index (κ1) is 11.0. The van der Waals surface area contributed by atoms with Crippen molar-refractivity contribution in [2.24, 2.45) is 0 Å². The lowest BCUT2D eigenvalue weighted by molar-refractivity contribution is 0.454. The van der Waals surface area contributed by atoms with Gasteiger partial charge in [-0.05, 0) is 36.8 Å². The first-order chi connectivity index (χ1) is 8.76. The summed E-state index contributed by atoms with van der Waals surface area (Å²) in [6.07, 6.45) is 0. The fourth-order valence-electron chi connectivity index (χ4n) is 1.90. The molecular formula is C13H10BN2O2. The summed E-state index contributed by atoms with van der Waals surface area (Å²) in [5.41, 5.74) is 4.43. The standard InChI is InChI=1S/C13H10BN2O2/c1-8-2-4-10-12(6-8)15-11-5-3-9(18-14-17)7-13(11)16-10/h2-7,17H,1H3. The molecular weight excluding hydrogens is 227 g/mol. The molecule has 18 heavy (non-hydrogen) atoms. The van der Waals surface area contributed by atoms with Crippen molar-refractivity contribution in [3.8, 4) is 5.75 Å². The van der Waals surface area contributed by atoms with Gasteiger partial charge in [0.2, 0.25) is 0 Å². The van der Waals surface area contributed by atoms with Crippen LogP contribution in [0.5, 0.6) is 5.75 Å². The third-order valence-corrected chi connectivity index (χ3v) is 2.75. The zero-order chi connectivity index (χ0) is 12.5. The molecule has 1 aromatic heterocycles. The second kappa shape index (κ2) is 4.27. The monoisotopic (exact) mass is 237 g/mol. The minimum absolute atomic E-state index is 0.533. The second-order valence-electron chi connectivity index (χ2n) is 4.09. The van der Waals surface area contributed by atoms with E-state index >= 15 is 0 Å². The minimum atomic E-state index is 0.533. The number of aryl methyl sites for hydroxylation is 1. The van der Waals surface area contributed by atoms with Gasteiger partial charge in [-0.1, -0.05) is 6.07 Å². The number of fused-ring (bicyclic) bond motifs is 2. The Labute approximate surface area is 105 Å². The van der Waals surface area contributed by atoms with Crippen LogP contribution >= 0.6 is 0 Å². The summed E-state index contributed by atoms with van der Waals surface area (Å²) in [5.74, 6) is 0.533. The normalized spacial score (nSPS) is 10.8. The van der Waals surface area contributed by atoms with Crippen molar-refractivity contribution in [1.29, 1.82) is 0 Å². The highest BCUT2D eigenvalue weighted by Crippen LogP contribution is 2.21. The average molecular weight is 237 g/mol. The lowest BCUT2D eigenvalue weighted by atomic mass is 10.2. The van der Waals surface area contributed by atoms with E-state index in [-0.39, 0.29) is 0 Å². The Kier molecular flexibility index (Phi) is 2.61. The minimum Gasteiger partial charge on any atom is -0.537 e. The first-order valence-electron chi connectivity index (χ1n) is 5.57. The average Bonchev–Trinajstić information content (AvgIpc) is 2.37. The van der Waals surface area contributed by atoms with E-state index in [1.807, 2.05) is 31.2 Å². The molecule has 0 saturated carbocycles. The second-order valence-corrected chi connectivity index (χ2v) is 4.09. The Morgan fingerprint density at radius 2 is 1.61 bits per heavy atom. The molecule has 0 amide bonds. The molecule has 3 aromatic rings. The Bertz CT molecular complexity index is 731. The van der Waals surface area contributed by atoms with Crippen molar-refractivity contribution in [2.75, 3.05) is 0 Å². The molecule has 0 aliphatic carbocycles. The van der Waals surface area contributed by atoms with Crippen LogP contribution in [0.2, 0.25) is 0 Å². The van der Waals surface area contributed by atoms with Gasteiger partial charge in [0.05, 0.1) is 22.1 Å². The molecule has 0 aliphatic heterocycles. The molecule has 0 aliphatic rings. The van der Waals surface area contributed by atoms with Crippen LogP contribution in [0, 0.1) is 6.92 Å². The van der Waals surface area contributed by atoms with Gasteiger partial charge in [-0.2, -0.15) is 0 Å². The Hall–Kier alpha value is -2.14. The molecule has 0 atom stereocenters. The highest BCUT2D eigenvalue weighted by atomic mass is 16.5. The van der Waals surface area contributed by atoms with E-state index in [0.717, 1.165) is 27.6 Å². The summed E-state index contributed by atoms with van der Waals surface area (Å²) < 4.78 is 4.91. The van der Waals surface area contributed by atoms with Crippen LogP contribution < -0.4 is 4.65 Å². The number of nitrogens with zero attached hydrogens (tertiary/aromatic N) is 2. The highest BCUT2D eigenvalue weighted by Gasteiger charge is 2.03. The number of benzene rings is 2. The van der Waals surface area contributed by atoms with E-state index in [2.05, 4.69) is 9.97 Å². The van der Waals surface area contributed by atoms with Gasteiger partial charge in [-0.25, -0.2) is 9.97 Å². The molecule has 0 saturated heterocycles. The molecule has 0 unspecified atom stereocenters. The molecule has 2 aromatic carbocycles. The topological polar surface area (TPSA) is 55.2 Å². The quantitative estimate of drug-likeness (QED) is 0.547. The van der Waals surface area contributed by atoms with Gasteiger partial charge < -0.3 is 9.68 Å². The highest BCUT2D eigenvalue weighted by molar-refractivity contribution is 6.17. The van der Waals surface area contributed by atoms with Gasteiger partial charge in [-0.15, -0.1) is 0 Å². The maximum atomic E-state index is 8.61. The number of hydrogen-bond donors (Lipinski definition) is 1. The molecule has 1 heterocycles. The van der Waals surface area contributed by atoms with Crippen molar-refractivity contribution < 1.29 is 9.68 Å². The van der Waals surface area contributed by atoms with Crippen LogP contribution in [-0.2, 0) is 0 Å². The van der Waals surface area contributed by atoms with E-state index in [4.69, 9.17) is 9.68 Å². The summed E-state index contributed by atoms with van der Waals surface area (Å²) in [7, 11) is 0.652. The van der Waals surface area contributed by atoms with Crippen LogP contribution in [0.1, 0.15) is 5.56 Å². The van der Waals surface area contributed by atoms with Gasteiger partial charge in [-0.3, -0.25) is 0 Å². The zero-order valence-electron chi connectivity index (χ0n) is 9.79. The summed E-state index contributed by atoms with van der Waals surface area (Å²) in [5, 5.41) is 8.61. The van der Waals surface area contributed by atoms with Crippen LogP contribution in [0.25, 0.3) is 22.1 Å². The fraction of sp³-hybridized carbons (Fsp3) is 0.0769. The summed E-state index contributed by atoms with van der Waals surface area (Å²) in [6, 6.07) is 11.3. The van der Waals surface area contributed by atoms with Crippen molar-refractivity contribution >= 4 is 29.8 Å². The van der Waals surface area contributed by atoms with Gasteiger partial charge in [0.15, 0.2) is 0 Å². The van der Waals surface area contributed by atoms with Crippen molar-refractivity contribution in [3.63, 3.8) is 0 Å². The predicted molar refractivity (Wildman–Crippen MR) is 70.4 cm³/mol. The Morgan fingerprint density at radius 3 is 2.33 bits per heavy atom. The Balaban J connectivity index is 2.24. The smallest absolute Gasteiger partial charge is 0.537 e. The third-order valence-electron chi connectivity index (χ3n) is 2.75. The molecule has 3 rings (SSSR count). The van der Waals surface area contributed by atoms with Crippen molar-refractivity contribution in [3.05, 3.63) is 42.0 Å². The van der Waals surface area contributed by atoms with E-state index < -0.39 is 0 Å². The van der Waals surface area contributed by atoms with Gasteiger partial charge in [0, 0.05) is 6.07 Å². The lowest BCUT2D eigenvalue weighted by Crippen LogP contribution is -1.99. The zero-order valence-corrected chi connectivity index (χ0v) is 9.79. The summed E-state index contributed by atoms with van der Waals surface area (Å²) in [4.78, 5) is 9.07. The first-order valence-corrected chi connectivity index (χ1v) is 5.57. The van der Waals surface area contributed by atoms with Crippen LogP contribution in [0.4, 0.5) is 0 Å². The van der Waals surface area contributed by atoms with Crippen molar-refractivity contribution in [2.45, 2.75) is 6.92 Å². The van der Waals surface area contributed by atoms with E-state index in [9.17, 15) is 0 Å². The van der Waals surface area contributed by atoms with Gasteiger partial charge >= 0.3 is 7.69 Å². The lowest BCUT2D eigenvalue weighted by Gasteiger charge is -2.04. The predicted octanol–water partition coefficient (Wildman–Crippen LogP) is 2.00. The van der Waals surface area contributed by atoms with Gasteiger partial charge in [0.25, 0.3) is 0 Å². The molecule has 1 radical (unpaired) electrons. The van der Waals surface area contributed by atoms with Crippen LogP contribution in [0.15, 0.2) is 36.4 Å². The molecule has 4 nitrogen and oxygen atoms in total. The maximum Gasteiger partial charge on any atom is 0.569 e. The van der Waals surface area contributed by atoms with E-state index in [1.54, 1.807) is 12.1 Å². The molecule has 1 N–H and O–H groups in total. The number of hydrogen-bond acceptors (Lipinski definition) is 4. The van der Waals surface area contributed by atoms with Gasteiger partial charge in [0.1, 0.15) is 5.75 Å². The molecule has 5 heteroatoms. The van der Waals surface area contributed by atoms with E-state index in [0.29, 0.717) is 13.4 Å². The molecule has 0 spiro atoms. The SMILES string of the molecule is Cc1ccc2nc3cc(O[B]O)ccc3nc2c1.